The van der Waals surface area contributed by atoms with Crippen LogP contribution in [0, 0.1) is 13.8 Å². The third kappa shape index (κ3) is 3.27. The summed E-state index contributed by atoms with van der Waals surface area (Å²) in [6.07, 6.45) is 0.940. The summed E-state index contributed by atoms with van der Waals surface area (Å²) in [5, 5.41) is 0. The third-order valence-electron chi connectivity index (χ3n) is 3.79. The van der Waals surface area contributed by atoms with E-state index in [-0.39, 0.29) is 6.04 Å². The van der Waals surface area contributed by atoms with Gasteiger partial charge >= 0.3 is 0 Å². The summed E-state index contributed by atoms with van der Waals surface area (Å²) in [5.41, 5.74) is 12.6. The number of benzene rings is 2. The van der Waals surface area contributed by atoms with Gasteiger partial charge < -0.3 is 10.5 Å². The number of rotatable bonds is 5. The predicted octanol–water partition coefficient (Wildman–Crippen LogP) is 3.54. The molecule has 0 spiro atoms. The Bertz CT molecular complexity index is 540. The lowest BCUT2D eigenvalue weighted by Gasteiger charge is -2.18. The van der Waals surface area contributed by atoms with E-state index in [9.17, 15) is 0 Å². The Morgan fingerprint density at radius 3 is 2.15 bits per heavy atom. The zero-order valence-electron chi connectivity index (χ0n) is 12.5. The maximum Gasteiger partial charge on any atom is 0.0556 e. The molecule has 0 bridgehead atoms. The van der Waals surface area contributed by atoms with Crippen molar-refractivity contribution in [2.24, 2.45) is 5.73 Å². The van der Waals surface area contributed by atoms with Crippen molar-refractivity contribution in [1.29, 1.82) is 0 Å². The molecule has 0 amide bonds. The van der Waals surface area contributed by atoms with Gasteiger partial charge in [-0.3, -0.25) is 0 Å². The van der Waals surface area contributed by atoms with E-state index in [0.29, 0.717) is 0 Å². The number of ether oxygens (including phenoxy) is 1. The largest absolute Gasteiger partial charge is 0.384 e. The second-order valence-electron chi connectivity index (χ2n) is 5.27. The summed E-state index contributed by atoms with van der Waals surface area (Å²) < 4.78 is 5.10. The fraction of sp³-hybridized carbons (Fsp3) is 0.333. The SMILES string of the molecule is COCCc1ccc(C(N)c2c(C)cccc2C)cc1. The fourth-order valence-electron chi connectivity index (χ4n) is 2.60. The average Bonchev–Trinajstić information content (AvgIpc) is 2.45. The molecule has 1 unspecified atom stereocenters. The van der Waals surface area contributed by atoms with E-state index in [0.717, 1.165) is 18.6 Å². The molecule has 20 heavy (non-hydrogen) atoms. The smallest absolute Gasteiger partial charge is 0.0556 e. The minimum Gasteiger partial charge on any atom is -0.384 e. The summed E-state index contributed by atoms with van der Waals surface area (Å²) in [6.45, 7) is 4.99. The van der Waals surface area contributed by atoms with Gasteiger partial charge in [-0.1, -0.05) is 42.5 Å². The second kappa shape index (κ2) is 6.69. The van der Waals surface area contributed by atoms with E-state index in [1.54, 1.807) is 7.11 Å². The first-order valence-corrected chi connectivity index (χ1v) is 7.03. The highest BCUT2D eigenvalue weighted by atomic mass is 16.5. The van der Waals surface area contributed by atoms with Gasteiger partial charge in [-0.15, -0.1) is 0 Å². The van der Waals surface area contributed by atoms with Crippen LogP contribution >= 0.6 is 0 Å². The molecule has 0 radical (unpaired) electrons. The predicted molar refractivity (Wildman–Crippen MR) is 84.0 cm³/mol. The van der Waals surface area contributed by atoms with E-state index in [4.69, 9.17) is 10.5 Å². The number of nitrogens with two attached hydrogens (primary N) is 1. The van der Waals surface area contributed by atoms with Crippen molar-refractivity contribution >= 4 is 0 Å². The van der Waals surface area contributed by atoms with Gasteiger partial charge in [0.2, 0.25) is 0 Å². The van der Waals surface area contributed by atoms with E-state index in [1.807, 2.05) is 0 Å². The van der Waals surface area contributed by atoms with Crippen LogP contribution in [0.15, 0.2) is 42.5 Å². The van der Waals surface area contributed by atoms with Crippen molar-refractivity contribution in [3.8, 4) is 0 Å². The molecular formula is C18H23NO. The quantitative estimate of drug-likeness (QED) is 0.901. The lowest BCUT2D eigenvalue weighted by atomic mass is 9.91. The van der Waals surface area contributed by atoms with Crippen LogP contribution in [0.3, 0.4) is 0 Å². The molecule has 0 aromatic heterocycles. The van der Waals surface area contributed by atoms with E-state index >= 15 is 0 Å². The van der Waals surface area contributed by atoms with Crippen LogP contribution in [0.1, 0.15) is 33.9 Å². The highest BCUT2D eigenvalue weighted by Gasteiger charge is 2.13. The Morgan fingerprint density at radius 1 is 1.00 bits per heavy atom. The van der Waals surface area contributed by atoms with Crippen LogP contribution in [-0.4, -0.2) is 13.7 Å². The van der Waals surface area contributed by atoms with Crippen LogP contribution in [0.5, 0.6) is 0 Å². The maximum absolute atomic E-state index is 6.44. The summed E-state index contributed by atoms with van der Waals surface area (Å²) in [4.78, 5) is 0. The third-order valence-corrected chi connectivity index (χ3v) is 3.79. The van der Waals surface area contributed by atoms with Gasteiger partial charge in [0.25, 0.3) is 0 Å². The zero-order valence-corrected chi connectivity index (χ0v) is 12.5. The summed E-state index contributed by atoms with van der Waals surface area (Å²) in [5.74, 6) is 0. The molecule has 0 aliphatic heterocycles. The molecule has 0 heterocycles. The summed E-state index contributed by atoms with van der Waals surface area (Å²) >= 11 is 0. The Balaban J connectivity index is 2.23. The second-order valence-corrected chi connectivity index (χ2v) is 5.27. The molecule has 2 N–H and O–H groups in total. The lowest BCUT2D eigenvalue weighted by Crippen LogP contribution is -2.14. The van der Waals surface area contributed by atoms with Crippen LogP contribution in [-0.2, 0) is 11.2 Å². The molecule has 0 aliphatic carbocycles. The van der Waals surface area contributed by atoms with Crippen molar-refractivity contribution in [3.05, 3.63) is 70.3 Å². The summed E-state index contributed by atoms with van der Waals surface area (Å²) in [6, 6.07) is 14.8. The van der Waals surface area contributed by atoms with Crippen molar-refractivity contribution < 1.29 is 4.74 Å². The minimum absolute atomic E-state index is 0.0623. The van der Waals surface area contributed by atoms with Crippen molar-refractivity contribution in [3.63, 3.8) is 0 Å². The molecule has 1 atom stereocenters. The number of methoxy groups -OCH3 is 1. The Hall–Kier alpha value is -1.64. The van der Waals surface area contributed by atoms with Crippen LogP contribution in [0.25, 0.3) is 0 Å². The molecule has 2 nitrogen and oxygen atoms in total. The minimum atomic E-state index is -0.0623. The molecule has 0 aliphatic rings. The molecule has 0 saturated heterocycles. The van der Waals surface area contributed by atoms with E-state index < -0.39 is 0 Å². The first kappa shape index (κ1) is 14.8. The highest BCUT2D eigenvalue weighted by molar-refractivity contribution is 5.42. The molecule has 106 valence electrons. The van der Waals surface area contributed by atoms with Crippen LogP contribution in [0.2, 0.25) is 0 Å². The first-order valence-electron chi connectivity index (χ1n) is 7.03. The molecule has 0 fully saturated rings. The van der Waals surface area contributed by atoms with Gasteiger partial charge in [-0.2, -0.15) is 0 Å². The molecule has 2 aromatic rings. The Kier molecular flexibility index (Phi) is 4.94. The molecule has 2 heteroatoms. The summed E-state index contributed by atoms with van der Waals surface area (Å²) in [7, 11) is 1.73. The molecule has 2 rings (SSSR count). The number of hydrogen-bond acceptors (Lipinski definition) is 2. The first-order chi connectivity index (χ1) is 9.63. The van der Waals surface area contributed by atoms with Crippen molar-refractivity contribution in [2.45, 2.75) is 26.3 Å². The molecular weight excluding hydrogens is 246 g/mol. The molecule has 2 aromatic carbocycles. The van der Waals surface area contributed by atoms with Crippen LogP contribution < -0.4 is 5.73 Å². The van der Waals surface area contributed by atoms with E-state index in [1.165, 1.54) is 22.3 Å². The average molecular weight is 269 g/mol. The highest BCUT2D eigenvalue weighted by Crippen LogP contribution is 2.26. The fourth-order valence-corrected chi connectivity index (χ4v) is 2.60. The van der Waals surface area contributed by atoms with Gasteiger partial charge in [0.15, 0.2) is 0 Å². The van der Waals surface area contributed by atoms with E-state index in [2.05, 4.69) is 56.3 Å². The zero-order chi connectivity index (χ0) is 14.5. The molecule has 0 saturated carbocycles. The van der Waals surface area contributed by atoms with Gasteiger partial charge in [0.05, 0.1) is 12.6 Å². The lowest BCUT2D eigenvalue weighted by molar-refractivity contribution is 0.202. The Morgan fingerprint density at radius 2 is 1.60 bits per heavy atom. The van der Waals surface area contributed by atoms with Crippen molar-refractivity contribution in [1.82, 2.24) is 0 Å². The standard InChI is InChI=1S/C18H23NO/c1-13-5-4-6-14(2)17(13)18(19)16-9-7-15(8-10-16)11-12-20-3/h4-10,18H,11-12,19H2,1-3H3. The van der Waals surface area contributed by atoms with Gasteiger partial charge in [-0.25, -0.2) is 0 Å². The number of aryl methyl sites for hydroxylation is 2. The monoisotopic (exact) mass is 269 g/mol. The number of hydrogen-bond donors (Lipinski definition) is 1. The van der Waals surface area contributed by atoms with Crippen LogP contribution in [0.4, 0.5) is 0 Å². The Labute approximate surface area is 121 Å². The van der Waals surface area contributed by atoms with Gasteiger partial charge in [0, 0.05) is 7.11 Å². The topological polar surface area (TPSA) is 35.2 Å². The normalized spacial score (nSPS) is 12.4. The van der Waals surface area contributed by atoms with Crippen molar-refractivity contribution in [2.75, 3.05) is 13.7 Å². The maximum atomic E-state index is 6.44. The van der Waals surface area contributed by atoms with Gasteiger partial charge in [0.1, 0.15) is 0 Å². The van der Waals surface area contributed by atoms with Gasteiger partial charge in [-0.05, 0) is 48.1 Å².